The van der Waals surface area contributed by atoms with E-state index in [1.807, 2.05) is 24.3 Å². The molecule has 1 amide bonds. The van der Waals surface area contributed by atoms with E-state index >= 15 is 0 Å². The summed E-state index contributed by atoms with van der Waals surface area (Å²) in [6.07, 6.45) is 1.86. The van der Waals surface area contributed by atoms with Gasteiger partial charge in [-0.3, -0.25) is 4.79 Å². The number of thioether (sulfide) groups is 1. The average molecular weight is 335 g/mol. The van der Waals surface area contributed by atoms with Crippen LogP contribution in [0.3, 0.4) is 0 Å². The number of amides is 1. The Morgan fingerprint density at radius 3 is 2.77 bits per heavy atom. The molecule has 6 heteroatoms. The second-order valence-corrected chi connectivity index (χ2v) is 6.05. The number of phenols is 1. The van der Waals surface area contributed by atoms with Gasteiger partial charge in [0.2, 0.25) is 5.91 Å². The van der Waals surface area contributed by atoms with E-state index < -0.39 is 0 Å². The summed E-state index contributed by atoms with van der Waals surface area (Å²) in [4.78, 5) is 12.7. The fourth-order valence-corrected chi connectivity index (χ4v) is 2.61. The summed E-state index contributed by atoms with van der Waals surface area (Å²) < 4.78 is 0. The van der Waals surface area contributed by atoms with Gasteiger partial charge < -0.3 is 5.11 Å². The Morgan fingerprint density at radius 1 is 1.27 bits per heavy atom. The smallest absolute Gasteiger partial charge is 0.240 e. The second-order valence-electron chi connectivity index (χ2n) is 4.44. The highest BCUT2D eigenvalue weighted by Gasteiger charge is 2.01. The first-order valence-corrected chi connectivity index (χ1v) is 7.99. The monoisotopic (exact) mass is 334 g/mol. The zero-order valence-electron chi connectivity index (χ0n) is 11.7. The van der Waals surface area contributed by atoms with Crippen molar-refractivity contribution in [3.63, 3.8) is 0 Å². The molecule has 0 fully saturated rings. The number of nitrogens with zero attached hydrogens (tertiary/aromatic N) is 1. The maximum absolute atomic E-state index is 11.6. The van der Waals surface area contributed by atoms with Crippen LogP contribution in [0.15, 0.2) is 58.5 Å². The third-order valence-corrected chi connectivity index (χ3v) is 3.95. The molecule has 114 valence electrons. The Bertz CT molecular complexity index is 659. The molecule has 2 rings (SSSR count). The molecule has 2 aromatic carbocycles. The quantitative estimate of drug-likeness (QED) is 0.481. The molecule has 0 aliphatic heterocycles. The highest BCUT2D eigenvalue weighted by molar-refractivity contribution is 7.99. The van der Waals surface area contributed by atoms with E-state index in [4.69, 9.17) is 11.6 Å². The van der Waals surface area contributed by atoms with Crippen molar-refractivity contribution in [3.05, 3.63) is 59.1 Å². The van der Waals surface area contributed by atoms with E-state index in [0.29, 0.717) is 17.2 Å². The number of hydrogen-bond acceptors (Lipinski definition) is 4. The number of carbonyl (C=O) groups excluding carboxylic acids is 1. The van der Waals surface area contributed by atoms with Crippen molar-refractivity contribution in [2.45, 2.75) is 11.3 Å². The minimum absolute atomic E-state index is 0.155. The SMILES string of the molecule is O=C(CCSc1ccc(Cl)cc1)N/N=C\c1cccc(O)c1. The second kappa shape index (κ2) is 8.46. The number of hydrogen-bond donors (Lipinski definition) is 2. The van der Waals surface area contributed by atoms with Gasteiger partial charge in [0.05, 0.1) is 6.21 Å². The first-order valence-electron chi connectivity index (χ1n) is 6.63. The van der Waals surface area contributed by atoms with Gasteiger partial charge >= 0.3 is 0 Å². The molecule has 2 N–H and O–H groups in total. The lowest BCUT2D eigenvalue weighted by atomic mass is 10.2. The van der Waals surface area contributed by atoms with Crippen molar-refractivity contribution in [1.29, 1.82) is 0 Å². The summed E-state index contributed by atoms with van der Waals surface area (Å²) in [7, 11) is 0. The maximum atomic E-state index is 11.6. The van der Waals surface area contributed by atoms with Gasteiger partial charge in [-0.25, -0.2) is 5.43 Å². The largest absolute Gasteiger partial charge is 0.508 e. The van der Waals surface area contributed by atoms with Gasteiger partial charge in [0, 0.05) is 22.1 Å². The Hall–Kier alpha value is -1.98. The minimum Gasteiger partial charge on any atom is -0.508 e. The summed E-state index contributed by atoms with van der Waals surface area (Å²) >= 11 is 7.39. The third-order valence-electron chi connectivity index (χ3n) is 2.68. The minimum atomic E-state index is -0.155. The van der Waals surface area contributed by atoms with Gasteiger partial charge in [0.25, 0.3) is 0 Å². The van der Waals surface area contributed by atoms with E-state index in [9.17, 15) is 9.90 Å². The first kappa shape index (κ1) is 16.4. The van der Waals surface area contributed by atoms with Gasteiger partial charge in [0.15, 0.2) is 0 Å². The van der Waals surface area contributed by atoms with Crippen LogP contribution in [0.2, 0.25) is 5.02 Å². The summed E-state index contributed by atoms with van der Waals surface area (Å²) in [5.41, 5.74) is 3.18. The van der Waals surface area contributed by atoms with Crippen molar-refractivity contribution >= 4 is 35.5 Å². The summed E-state index contributed by atoms with van der Waals surface area (Å²) in [6.45, 7) is 0. The molecule has 0 spiro atoms. The van der Waals surface area contributed by atoms with Crippen LogP contribution < -0.4 is 5.43 Å². The number of carbonyl (C=O) groups is 1. The van der Waals surface area contributed by atoms with Crippen LogP contribution >= 0.6 is 23.4 Å². The molecular weight excluding hydrogens is 320 g/mol. The van der Waals surface area contributed by atoms with Crippen molar-refractivity contribution in [3.8, 4) is 5.75 Å². The molecule has 0 saturated carbocycles. The zero-order valence-corrected chi connectivity index (χ0v) is 13.3. The number of hydrazone groups is 1. The molecule has 22 heavy (non-hydrogen) atoms. The topological polar surface area (TPSA) is 61.7 Å². The molecule has 0 atom stereocenters. The molecule has 0 aliphatic rings. The molecule has 4 nitrogen and oxygen atoms in total. The van der Waals surface area contributed by atoms with Gasteiger partial charge in [-0.2, -0.15) is 5.10 Å². The van der Waals surface area contributed by atoms with E-state index in [1.165, 1.54) is 6.21 Å². The van der Waals surface area contributed by atoms with Crippen molar-refractivity contribution in [2.75, 3.05) is 5.75 Å². The molecule has 0 heterocycles. The first-order chi connectivity index (χ1) is 10.6. The molecule has 0 aliphatic carbocycles. The van der Waals surface area contributed by atoms with Crippen LogP contribution in [0.1, 0.15) is 12.0 Å². The number of benzene rings is 2. The van der Waals surface area contributed by atoms with E-state index in [1.54, 1.807) is 36.0 Å². The fraction of sp³-hybridized carbons (Fsp3) is 0.125. The predicted molar refractivity (Wildman–Crippen MR) is 90.6 cm³/mol. The standard InChI is InChI=1S/C16H15ClN2O2S/c17-13-4-6-15(7-5-13)22-9-8-16(21)19-18-11-12-2-1-3-14(20)10-12/h1-7,10-11,20H,8-9H2,(H,19,21)/b18-11-. The molecule has 0 unspecified atom stereocenters. The summed E-state index contributed by atoms with van der Waals surface area (Å²) in [5, 5.41) is 13.9. The van der Waals surface area contributed by atoms with Gasteiger partial charge in [-0.05, 0) is 42.0 Å². The lowest BCUT2D eigenvalue weighted by Crippen LogP contribution is -2.17. The zero-order chi connectivity index (χ0) is 15.8. The Labute approximate surface area is 138 Å². The fourth-order valence-electron chi connectivity index (χ4n) is 1.63. The highest BCUT2D eigenvalue weighted by Crippen LogP contribution is 2.20. The molecule has 2 aromatic rings. The van der Waals surface area contributed by atoms with Gasteiger partial charge in [-0.15, -0.1) is 11.8 Å². The van der Waals surface area contributed by atoms with E-state index in [-0.39, 0.29) is 11.7 Å². The van der Waals surface area contributed by atoms with Crippen LogP contribution in [0.4, 0.5) is 0 Å². The predicted octanol–water partition coefficient (Wildman–Crippen LogP) is 3.68. The van der Waals surface area contributed by atoms with E-state index in [0.717, 1.165) is 10.5 Å². The van der Waals surface area contributed by atoms with Crippen molar-refractivity contribution < 1.29 is 9.90 Å². The third kappa shape index (κ3) is 5.79. The van der Waals surface area contributed by atoms with Crippen molar-refractivity contribution in [2.24, 2.45) is 5.10 Å². The van der Waals surface area contributed by atoms with Crippen molar-refractivity contribution in [1.82, 2.24) is 5.43 Å². The van der Waals surface area contributed by atoms with Gasteiger partial charge in [0.1, 0.15) is 5.75 Å². The summed E-state index contributed by atoms with van der Waals surface area (Å²) in [5.74, 6) is 0.669. The number of aromatic hydroxyl groups is 1. The average Bonchev–Trinajstić information content (AvgIpc) is 2.49. The molecule has 0 aromatic heterocycles. The Kier molecular flexibility index (Phi) is 6.30. The lowest BCUT2D eigenvalue weighted by molar-refractivity contribution is -0.120. The summed E-state index contributed by atoms with van der Waals surface area (Å²) in [6, 6.07) is 14.1. The molecule has 0 saturated heterocycles. The lowest BCUT2D eigenvalue weighted by Gasteiger charge is -2.01. The van der Waals surface area contributed by atoms with E-state index in [2.05, 4.69) is 10.5 Å². The molecular formula is C16H15ClN2O2S. The number of nitrogens with one attached hydrogen (secondary N) is 1. The van der Waals surface area contributed by atoms with Crippen LogP contribution in [0.25, 0.3) is 0 Å². The molecule has 0 bridgehead atoms. The highest BCUT2D eigenvalue weighted by atomic mass is 35.5. The number of phenolic OH excluding ortho intramolecular Hbond substituents is 1. The normalized spacial score (nSPS) is 10.8. The van der Waals surface area contributed by atoms with Crippen LogP contribution in [0.5, 0.6) is 5.75 Å². The van der Waals surface area contributed by atoms with Crippen LogP contribution in [0, 0.1) is 0 Å². The Balaban J connectivity index is 1.70. The van der Waals surface area contributed by atoms with Gasteiger partial charge in [-0.1, -0.05) is 23.7 Å². The number of halogens is 1. The number of rotatable bonds is 6. The maximum Gasteiger partial charge on any atom is 0.240 e. The Morgan fingerprint density at radius 2 is 2.05 bits per heavy atom. The van der Waals surface area contributed by atoms with Crippen LogP contribution in [-0.4, -0.2) is 23.0 Å². The van der Waals surface area contributed by atoms with Crippen LogP contribution in [-0.2, 0) is 4.79 Å². The molecule has 0 radical (unpaired) electrons.